The fraction of sp³-hybridized carbons (Fsp3) is 0.233. The fourth-order valence-corrected chi connectivity index (χ4v) is 3.78. The molecule has 37 heavy (non-hydrogen) atoms. The molecule has 0 atom stereocenters. The third-order valence-electron chi connectivity index (χ3n) is 5.51. The Kier molecular flexibility index (Phi) is 7.84. The summed E-state index contributed by atoms with van der Waals surface area (Å²) >= 11 is 0. The summed E-state index contributed by atoms with van der Waals surface area (Å²) in [7, 11) is 1.67. The molecule has 0 bridgehead atoms. The van der Waals surface area contributed by atoms with Gasteiger partial charge in [-0.15, -0.1) is 0 Å². The van der Waals surface area contributed by atoms with Gasteiger partial charge in [-0.1, -0.05) is 48.5 Å². The number of aromatic nitrogens is 2. The van der Waals surface area contributed by atoms with Gasteiger partial charge in [0.1, 0.15) is 17.1 Å². The first-order chi connectivity index (χ1) is 17.8. The third-order valence-corrected chi connectivity index (χ3v) is 5.51. The highest BCUT2D eigenvalue weighted by atomic mass is 16.6. The summed E-state index contributed by atoms with van der Waals surface area (Å²) in [5.74, 6) is 1.60. The molecule has 0 radical (unpaired) electrons. The Morgan fingerprint density at radius 3 is 2.16 bits per heavy atom. The van der Waals surface area contributed by atoms with Crippen molar-refractivity contribution in [3.63, 3.8) is 0 Å². The molecule has 0 saturated carbocycles. The van der Waals surface area contributed by atoms with Crippen molar-refractivity contribution in [3.05, 3.63) is 85.1 Å². The van der Waals surface area contributed by atoms with Crippen molar-refractivity contribution in [1.82, 2.24) is 14.9 Å². The van der Waals surface area contributed by atoms with Crippen LogP contribution in [0.2, 0.25) is 0 Å². The topological polar surface area (TPSA) is 90.6 Å². The van der Waals surface area contributed by atoms with Crippen LogP contribution in [0.4, 0.5) is 4.79 Å². The molecule has 0 spiro atoms. The second-order valence-corrected chi connectivity index (χ2v) is 9.60. The molecule has 0 aliphatic rings. The van der Waals surface area contributed by atoms with Crippen molar-refractivity contribution in [1.29, 1.82) is 0 Å². The van der Waals surface area contributed by atoms with E-state index < -0.39 is 5.60 Å². The van der Waals surface area contributed by atoms with Crippen LogP contribution in [0.1, 0.15) is 20.8 Å². The molecule has 1 amide bonds. The Bertz CT molecular complexity index is 1510. The van der Waals surface area contributed by atoms with E-state index in [1.54, 1.807) is 7.05 Å². The minimum atomic E-state index is -0.431. The van der Waals surface area contributed by atoms with E-state index in [9.17, 15) is 4.79 Å². The van der Waals surface area contributed by atoms with Crippen LogP contribution < -0.4 is 10.5 Å². The lowest BCUT2D eigenvalue weighted by atomic mass is 10.1. The number of para-hydroxylation sites is 3. The summed E-state index contributed by atoms with van der Waals surface area (Å²) in [5.41, 5.74) is 7.61. The molecular weight excluding hydrogens is 464 g/mol. The Labute approximate surface area is 216 Å². The summed E-state index contributed by atoms with van der Waals surface area (Å²) in [6.45, 7) is 6.48. The Morgan fingerprint density at radius 2 is 1.49 bits per heavy atom. The number of fused-ring (bicyclic) bond motifs is 4. The lowest BCUT2D eigenvalue weighted by molar-refractivity contribution is 0.0304. The molecule has 2 N–H and O–H groups in total. The molecule has 3 aromatic carbocycles. The fourth-order valence-electron chi connectivity index (χ4n) is 3.78. The average Bonchev–Trinajstić information content (AvgIpc) is 2.88. The zero-order valence-corrected chi connectivity index (χ0v) is 21.6. The van der Waals surface area contributed by atoms with E-state index >= 15 is 0 Å². The largest absolute Gasteiger partial charge is 0.456 e. The zero-order valence-electron chi connectivity index (χ0n) is 21.6. The van der Waals surface area contributed by atoms with Crippen molar-refractivity contribution in [2.24, 2.45) is 5.73 Å². The first-order valence-electron chi connectivity index (χ1n) is 12.2. The van der Waals surface area contributed by atoms with Crippen molar-refractivity contribution in [2.75, 3.05) is 20.1 Å². The minimum Gasteiger partial charge on any atom is -0.456 e. The molecule has 7 nitrogen and oxygen atoms in total. The maximum Gasteiger partial charge on any atom is 0.410 e. The predicted octanol–water partition coefficient (Wildman–Crippen LogP) is 6.54. The molecule has 2 aromatic heterocycles. The van der Waals surface area contributed by atoms with Crippen molar-refractivity contribution in [3.8, 4) is 11.5 Å². The summed E-state index contributed by atoms with van der Waals surface area (Å²) in [6.07, 6.45) is 1.53. The van der Waals surface area contributed by atoms with Crippen LogP contribution in [0.3, 0.4) is 0 Å². The molecule has 0 aliphatic carbocycles. The number of hydrogen-bond donors (Lipinski definition) is 1. The first-order valence-corrected chi connectivity index (χ1v) is 12.2. The van der Waals surface area contributed by atoms with Gasteiger partial charge in [0.25, 0.3) is 0 Å². The number of ether oxygens (including phenoxy) is 2. The number of carbonyl (C=O) groups is 1. The lowest BCUT2D eigenvalue weighted by Gasteiger charge is -2.24. The van der Waals surface area contributed by atoms with Gasteiger partial charge in [-0.05, 0) is 51.1 Å². The maximum absolute atomic E-state index is 11.2. The van der Waals surface area contributed by atoms with Crippen LogP contribution in [-0.4, -0.2) is 46.7 Å². The van der Waals surface area contributed by atoms with E-state index in [-0.39, 0.29) is 6.09 Å². The molecule has 5 rings (SSSR count). The lowest BCUT2D eigenvalue weighted by Crippen LogP contribution is -2.36. The second-order valence-electron chi connectivity index (χ2n) is 9.60. The quantitative estimate of drug-likeness (QED) is 0.224. The van der Waals surface area contributed by atoms with Gasteiger partial charge >= 0.3 is 6.09 Å². The summed E-state index contributed by atoms with van der Waals surface area (Å²) < 4.78 is 11.4. The third kappa shape index (κ3) is 6.32. The Balaban J connectivity index is 0.000000229. The average molecular weight is 497 g/mol. The monoisotopic (exact) mass is 496 g/mol. The van der Waals surface area contributed by atoms with E-state index in [0.717, 1.165) is 44.2 Å². The van der Waals surface area contributed by atoms with Crippen LogP contribution in [-0.2, 0) is 4.74 Å². The number of benzene rings is 3. The molecule has 0 fully saturated rings. The highest BCUT2D eigenvalue weighted by Gasteiger charge is 2.18. The Morgan fingerprint density at radius 1 is 0.865 bits per heavy atom. The number of pyridine rings is 2. The number of rotatable bonds is 4. The second kappa shape index (κ2) is 11.2. The van der Waals surface area contributed by atoms with Crippen molar-refractivity contribution < 1.29 is 14.3 Å². The number of hydrogen-bond acceptors (Lipinski definition) is 6. The van der Waals surface area contributed by atoms with E-state index in [1.165, 1.54) is 4.90 Å². The molecular formula is C30H32N4O3. The SMILES string of the molecule is CN(CCN)C(=O)OC(C)(C)C.c1ccc(Oc2c3ccccc3nc3c2cnc2ccccc23)cc1. The molecule has 5 aromatic rings. The molecule has 190 valence electrons. The predicted molar refractivity (Wildman–Crippen MR) is 149 cm³/mol. The number of amides is 1. The van der Waals surface area contributed by atoms with Crippen LogP contribution >= 0.6 is 0 Å². The standard InChI is InChI=1S/C22H14N2O.C8H18N2O2/c1-2-8-15(9-3-1)25-22-17-11-5-7-13-20(17)24-21-16-10-4-6-12-19(16)23-14-18(21)22;1-8(2,3)12-7(11)10(4)6-5-9/h1-14H;5-6,9H2,1-4H3. The molecule has 0 aliphatic heterocycles. The maximum atomic E-state index is 11.2. The number of nitrogens with zero attached hydrogens (tertiary/aromatic N) is 3. The van der Waals surface area contributed by atoms with Gasteiger partial charge < -0.3 is 20.1 Å². The van der Waals surface area contributed by atoms with E-state index in [1.807, 2.05) is 99.8 Å². The summed E-state index contributed by atoms with van der Waals surface area (Å²) in [6, 6.07) is 25.9. The highest BCUT2D eigenvalue weighted by Crippen LogP contribution is 2.37. The van der Waals surface area contributed by atoms with E-state index in [2.05, 4.69) is 11.1 Å². The van der Waals surface area contributed by atoms with Crippen LogP contribution in [0.15, 0.2) is 85.1 Å². The van der Waals surface area contributed by atoms with Crippen LogP contribution in [0.25, 0.3) is 32.7 Å². The van der Waals surface area contributed by atoms with Gasteiger partial charge in [0.15, 0.2) is 0 Å². The van der Waals surface area contributed by atoms with Crippen LogP contribution in [0, 0.1) is 0 Å². The van der Waals surface area contributed by atoms with Gasteiger partial charge in [-0.25, -0.2) is 9.78 Å². The number of carbonyl (C=O) groups excluding carboxylic acids is 1. The first kappa shape index (κ1) is 25.9. The highest BCUT2D eigenvalue weighted by molar-refractivity contribution is 6.10. The van der Waals surface area contributed by atoms with Crippen LogP contribution in [0.5, 0.6) is 11.5 Å². The van der Waals surface area contributed by atoms with E-state index in [0.29, 0.717) is 13.1 Å². The van der Waals surface area contributed by atoms with Crippen molar-refractivity contribution >= 4 is 38.8 Å². The molecule has 7 heteroatoms. The summed E-state index contributed by atoms with van der Waals surface area (Å²) in [4.78, 5) is 22.1. The van der Waals surface area contributed by atoms with E-state index in [4.69, 9.17) is 20.2 Å². The summed E-state index contributed by atoms with van der Waals surface area (Å²) in [5, 5.41) is 2.93. The Hall–Kier alpha value is -4.23. The van der Waals surface area contributed by atoms with Gasteiger partial charge in [-0.2, -0.15) is 0 Å². The minimum absolute atomic E-state index is 0.326. The molecule has 2 heterocycles. The number of nitrogens with two attached hydrogens (primary N) is 1. The molecule has 0 saturated heterocycles. The van der Waals surface area contributed by atoms with Crippen molar-refractivity contribution in [2.45, 2.75) is 26.4 Å². The smallest absolute Gasteiger partial charge is 0.410 e. The number of likely N-dealkylation sites (N-methyl/N-ethyl adjacent to an activating group) is 1. The normalized spacial score (nSPS) is 11.2. The molecule has 0 unspecified atom stereocenters. The zero-order chi connectivity index (χ0) is 26.4. The van der Waals surface area contributed by atoms with Gasteiger partial charge in [0, 0.05) is 37.1 Å². The van der Waals surface area contributed by atoms with Gasteiger partial charge in [0.05, 0.1) is 21.9 Å². The van der Waals surface area contributed by atoms with Gasteiger partial charge in [-0.3, -0.25) is 4.98 Å². The van der Waals surface area contributed by atoms with Gasteiger partial charge in [0.2, 0.25) is 0 Å².